The van der Waals surface area contributed by atoms with Crippen LogP contribution in [0.2, 0.25) is 0 Å². The molecule has 0 bridgehead atoms. The van der Waals surface area contributed by atoms with Crippen molar-refractivity contribution in [3.8, 4) is 21.0 Å². The number of hydrogen-bond acceptors (Lipinski definition) is 6. The van der Waals surface area contributed by atoms with Crippen molar-refractivity contribution < 1.29 is 4.52 Å². The predicted molar refractivity (Wildman–Crippen MR) is 70.0 cm³/mol. The largest absolute Gasteiger partial charge is 0.383 e. The van der Waals surface area contributed by atoms with Gasteiger partial charge in [-0.25, -0.2) is 9.97 Å². The summed E-state index contributed by atoms with van der Waals surface area (Å²) in [6, 6.07) is 3.75. The number of anilines is 1. The molecule has 18 heavy (non-hydrogen) atoms. The maximum absolute atomic E-state index is 5.84. The van der Waals surface area contributed by atoms with E-state index in [4.69, 9.17) is 10.3 Å². The van der Waals surface area contributed by atoms with E-state index in [2.05, 4.69) is 15.1 Å². The second-order valence-electron chi connectivity index (χ2n) is 3.76. The highest BCUT2D eigenvalue weighted by Gasteiger charge is 2.12. The Morgan fingerprint density at radius 3 is 2.83 bits per heavy atom. The molecule has 90 valence electrons. The number of nitrogens with zero attached hydrogens (tertiary/aromatic N) is 3. The first-order valence-electron chi connectivity index (χ1n) is 5.34. The van der Waals surface area contributed by atoms with Gasteiger partial charge in [0.1, 0.15) is 16.6 Å². The number of thiazole rings is 1. The fraction of sp³-hybridized carbons (Fsp3) is 0.0833. The SMILES string of the molecule is Cc1oncc1-c1cnc(-c2cccnc2N)s1. The average molecular weight is 258 g/mol. The first-order chi connectivity index (χ1) is 8.75. The first kappa shape index (κ1) is 10.9. The monoisotopic (exact) mass is 258 g/mol. The van der Waals surface area contributed by atoms with Gasteiger partial charge in [-0.1, -0.05) is 5.16 Å². The zero-order valence-electron chi connectivity index (χ0n) is 9.62. The van der Waals surface area contributed by atoms with E-state index in [0.29, 0.717) is 5.82 Å². The molecule has 6 heteroatoms. The molecule has 5 nitrogen and oxygen atoms in total. The van der Waals surface area contributed by atoms with E-state index in [1.807, 2.05) is 19.1 Å². The zero-order chi connectivity index (χ0) is 12.5. The van der Waals surface area contributed by atoms with Crippen LogP contribution in [0.25, 0.3) is 21.0 Å². The maximum Gasteiger partial charge on any atom is 0.142 e. The van der Waals surface area contributed by atoms with E-state index >= 15 is 0 Å². The molecular formula is C12H10N4OS. The summed E-state index contributed by atoms with van der Waals surface area (Å²) in [5, 5.41) is 4.61. The summed E-state index contributed by atoms with van der Waals surface area (Å²) in [5.41, 5.74) is 7.64. The fourth-order valence-corrected chi connectivity index (χ4v) is 2.66. The molecule has 0 aliphatic heterocycles. The third-order valence-electron chi connectivity index (χ3n) is 2.59. The lowest BCUT2D eigenvalue weighted by molar-refractivity contribution is 0.398. The molecule has 3 aromatic rings. The number of nitrogens with two attached hydrogens (primary N) is 1. The van der Waals surface area contributed by atoms with Crippen molar-refractivity contribution in [2.24, 2.45) is 0 Å². The second kappa shape index (κ2) is 4.23. The van der Waals surface area contributed by atoms with Gasteiger partial charge >= 0.3 is 0 Å². The lowest BCUT2D eigenvalue weighted by atomic mass is 10.2. The fourth-order valence-electron chi connectivity index (χ4n) is 1.66. The third-order valence-corrected chi connectivity index (χ3v) is 3.65. The molecule has 0 aromatic carbocycles. The molecular weight excluding hydrogens is 248 g/mol. The van der Waals surface area contributed by atoms with Crippen LogP contribution in [0.3, 0.4) is 0 Å². The van der Waals surface area contributed by atoms with Crippen molar-refractivity contribution in [2.75, 3.05) is 5.73 Å². The molecule has 0 radical (unpaired) electrons. The minimum absolute atomic E-state index is 0.487. The zero-order valence-corrected chi connectivity index (χ0v) is 10.4. The highest BCUT2D eigenvalue weighted by Crippen LogP contribution is 2.34. The normalized spacial score (nSPS) is 10.7. The van der Waals surface area contributed by atoms with Crippen LogP contribution in [-0.4, -0.2) is 15.1 Å². The van der Waals surface area contributed by atoms with Crippen molar-refractivity contribution in [1.82, 2.24) is 15.1 Å². The molecule has 0 spiro atoms. The van der Waals surface area contributed by atoms with Gasteiger partial charge in [-0.3, -0.25) is 0 Å². The molecule has 3 rings (SSSR count). The molecule has 0 aliphatic carbocycles. The van der Waals surface area contributed by atoms with E-state index in [1.165, 1.54) is 0 Å². The van der Waals surface area contributed by atoms with Gasteiger partial charge in [-0.2, -0.15) is 0 Å². The van der Waals surface area contributed by atoms with Gasteiger partial charge in [0.2, 0.25) is 0 Å². The third kappa shape index (κ3) is 1.76. The Balaban J connectivity index is 2.05. The summed E-state index contributed by atoms with van der Waals surface area (Å²) >= 11 is 1.54. The van der Waals surface area contributed by atoms with E-state index in [-0.39, 0.29) is 0 Å². The van der Waals surface area contributed by atoms with Crippen molar-refractivity contribution in [2.45, 2.75) is 6.92 Å². The van der Waals surface area contributed by atoms with Crippen molar-refractivity contribution in [1.29, 1.82) is 0 Å². The van der Waals surface area contributed by atoms with Gasteiger partial charge in [0.15, 0.2) is 0 Å². The van der Waals surface area contributed by atoms with Crippen LogP contribution < -0.4 is 5.73 Å². The summed E-state index contributed by atoms with van der Waals surface area (Å²) < 4.78 is 5.05. The Kier molecular flexibility index (Phi) is 2.56. The van der Waals surface area contributed by atoms with Crippen molar-refractivity contribution in [3.63, 3.8) is 0 Å². The summed E-state index contributed by atoms with van der Waals surface area (Å²) in [6.07, 6.45) is 5.16. The highest BCUT2D eigenvalue weighted by molar-refractivity contribution is 7.18. The molecule has 0 unspecified atom stereocenters. The summed E-state index contributed by atoms with van der Waals surface area (Å²) in [4.78, 5) is 9.44. The molecule has 0 saturated heterocycles. The highest BCUT2D eigenvalue weighted by atomic mass is 32.1. The van der Waals surface area contributed by atoms with Crippen LogP contribution in [0.4, 0.5) is 5.82 Å². The van der Waals surface area contributed by atoms with Crippen molar-refractivity contribution >= 4 is 17.2 Å². The number of pyridine rings is 1. The first-order valence-corrected chi connectivity index (χ1v) is 6.15. The standard InChI is InChI=1S/C12H10N4OS/c1-7-9(5-16-17-7)10-6-15-12(18-10)8-3-2-4-14-11(8)13/h2-6H,1H3,(H2,13,14). The summed E-state index contributed by atoms with van der Waals surface area (Å²) in [6.45, 7) is 1.88. The number of aryl methyl sites for hydroxylation is 1. The number of nitrogen functional groups attached to an aromatic ring is 1. The van der Waals surface area contributed by atoms with Crippen molar-refractivity contribution in [3.05, 3.63) is 36.5 Å². The Morgan fingerprint density at radius 2 is 2.11 bits per heavy atom. The van der Waals surface area contributed by atoms with Crippen LogP contribution in [0.15, 0.2) is 35.2 Å². The Labute approximate surface area is 107 Å². The van der Waals surface area contributed by atoms with Crippen LogP contribution in [0.5, 0.6) is 0 Å². The van der Waals surface area contributed by atoms with Gasteiger partial charge in [0, 0.05) is 12.4 Å². The van der Waals surface area contributed by atoms with E-state index in [9.17, 15) is 0 Å². The molecule has 2 N–H and O–H groups in total. The quantitative estimate of drug-likeness (QED) is 0.764. The topological polar surface area (TPSA) is 77.8 Å². The molecule has 0 fully saturated rings. The maximum atomic E-state index is 5.84. The molecule has 0 aliphatic rings. The lowest BCUT2D eigenvalue weighted by Gasteiger charge is -1.98. The predicted octanol–water partition coefficient (Wildman–Crippen LogP) is 2.75. The molecule has 0 atom stereocenters. The number of hydrogen-bond donors (Lipinski definition) is 1. The van der Waals surface area contributed by atoms with Crippen LogP contribution in [0.1, 0.15) is 5.76 Å². The van der Waals surface area contributed by atoms with E-state index < -0.39 is 0 Å². The molecule has 0 saturated carbocycles. The molecule has 3 heterocycles. The molecule has 3 aromatic heterocycles. The van der Waals surface area contributed by atoms with Gasteiger partial charge in [0.25, 0.3) is 0 Å². The van der Waals surface area contributed by atoms with Crippen LogP contribution >= 0.6 is 11.3 Å². The van der Waals surface area contributed by atoms with Gasteiger partial charge in [-0.15, -0.1) is 11.3 Å². The Hall–Kier alpha value is -2.21. The Morgan fingerprint density at radius 1 is 1.22 bits per heavy atom. The number of rotatable bonds is 2. The lowest BCUT2D eigenvalue weighted by Crippen LogP contribution is -1.92. The van der Waals surface area contributed by atoms with Gasteiger partial charge in [0.05, 0.1) is 22.2 Å². The van der Waals surface area contributed by atoms with E-state index in [0.717, 1.165) is 26.8 Å². The number of aromatic nitrogens is 3. The van der Waals surface area contributed by atoms with Crippen LogP contribution in [0, 0.1) is 6.92 Å². The van der Waals surface area contributed by atoms with Crippen LogP contribution in [-0.2, 0) is 0 Å². The van der Waals surface area contributed by atoms with Gasteiger partial charge < -0.3 is 10.3 Å². The Bertz CT molecular complexity index is 689. The second-order valence-corrected chi connectivity index (χ2v) is 4.79. The minimum Gasteiger partial charge on any atom is -0.383 e. The average Bonchev–Trinajstić information content (AvgIpc) is 2.98. The smallest absolute Gasteiger partial charge is 0.142 e. The summed E-state index contributed by atoms with van der Waals surface area (Å²) in [7, 11) is 0. The van der Waals surface area contributed by atoms with Gasteiger partial charge in [-0.05, 0) is 19.1 Å². The molecule has 0 amide bonds. The summed E-state index contributed by atoms with van der Waals surface area (Å²) in [5.74, 6) is 1.27. The van der Waals surface area contributed by atoms with E-state index in [1.54, 1.807) is 29.9 Å². The minimum atomic E-state index is 0.487.